The predicted molar refractivity (Wildman–Crippen MR) is 93.2 cm³/mol. The van der Waals surface area contributed by atoms with Crippen LogP contribution in [-0.4, -0.2) is 27.0 Å². The lowest BCUT2D eigenvalue weighted by atomic mass is 9.93. The average molecular weight is 343 g/mol. The summed E-state index contributed by atoms with van der Waals surface area (Å²) >= 11 is 0. The Morgan fingerprint density at radius 3 is 2.88 bits per heavy atom. The van der Waals surface area contributed by atoms with Gasteiger partial charge in [-0.2, -0.15) is 0 Å². The minimum absolute atomic E-state index is 0.0695. The van der Waals surface area contributed by atoms with E-state index in [9.17, 15) is 4.79 Å². The second-order valence-electron chi connectivity index (χ2n) is 7.53. The molecule has 2 heterocycles. The van der Waals surface area contributed by atoms with Gasteiger partial charge in [0.1, 0.15) is 12.1 Å². The third-order valence-corrected chi connectivity index (χ3v) is 4.33. The molecule has 134 valence electrons. The van der Waals surface area contributed by atoms with E-state index in [0.717, 1.165) is 42.0 Å². The molecule has 0 fully saturated rings. The first kappa shape index (κ1) is 17.4. The molecule has 0 saturated heterocycles. The van der Waals surface area contributed by atoms with Gasteiger partial charge in [-0.15, -0.1) is 0 Å². The second kappa shape index (κ2) is 6.82. The molecule has 2 amide bonds. The fourth-order valence-electron chi connectivity index (χ4n) is 2.86. The van der Waals surface area contributed by atoms with Gasteiger partial charge in [0.15, 0.2) is 0 Å². The molecule has 2 aromatic heterocycles. The fourth-order valence-corrected chi connectivity index (χ4v) is 2.86. The first-order chi connectivity index (χ1) is 11.8. The van der Waals surface area contributed by atoms with Gasteiger partial charge < -0.3 is 15.1 Å². The van der Waals surface area contributed by atoms with Crippen LogP contribution in [0.3, 0.4) is 0 Å². The molecule has 7 nitrogen and oxygen atoms in total. The molecule has 2 aromatic rings. The van der Waals surface area contributed by atoms with Gasteiger partial charge >= 0.3 is 6.03 Å². The Hall–Kier alpha value is -2.44. The van der Waals surface area contributed by atoms with Gasteiger partial charge in [0.05, 0.1) is 12.2 Å². The highest BCUT2D eigenvalue weighted by Gasteiger charge is 2.22. The summed E-state index contributed by atoms with van der Waals surface area (Å²) in [6, 6.07) is -0.120. The minimum atomic E-state index is -0.211. The standard InChI is InChI=1S/C18H25N5O2/c1-11-19-8-12-7-13(5-6-14(12)21-11)22-17(24)20-9-16-23-15(10-25-16)18(2,3)4/h8,10,13H,5-7,9H2,1-4H3,(H2,20,22,24). The fraction of sp³-hybridized carbons (Fsp3) is 0.556. The van der Waals surface area contributed by atoms with Gasteiger partial charge in [0, 0.05) is 23.3 Å². The number of nitrogens with one attached hydrogen (secondary N) is 2. The number of fused-ring (bicyclic) bond motifs is 1. The Bertz CT molecular complexity index is 763. The van der Waals surface area contributed by atoms with Crippen molar-refractivity contribution in [3.05, 3.63) is 41.1 Å². The van der Waals surface area contributed by atoms with Crippen molar-refractivity contribution in [1.29, 1.82) is 0 Å². The zero-order chi connectivity index (χ0) is 18.0. The normalized spacial score (nSPS) is 17.0. The molecule has 0 aliphatic heterocycles. The molecule has 1 atom stereocenters. The number of urea groups is 1. The van der Waals surface area contributed by atoms with Crippen LogP contribution >= 0.6 is 0 Å². The monoisotopic (exact) mass is 343 g/mol. The molecular formula is C18H25N5O2. The highest BCUT2D eigenvalue weighted by molar-refractivity contribution is 5.74. The zero-order valence-corrected chi connectivity index (χ0v) is 15.2. The maximum atomic E-state index is 12.1. The summed E-state index contributed by atoms with van der Waals surface area (Å²) in [5.41, 5.74) is 3.02. The highest BCUT2D eigenvalue weighted by Crippen LogP contribution is 2.21. The van der Waals surface area contributed by atoms with E-state index in [1.54, 1.807) is 6.26 Å². The van der Waals surface area contributed by atoms with Crippen LogP contribution in [-0.2, 0) is 24.8 Å². The molecule has 3 rings (SSSR count). The number of aromatic nitrogens is 3. The molecule has 0 aromatic carbocycles. The number of carbonyl (C=O) groups is 1. The topological polar surface area (TPSA) is 92.9 Å². The van der Waals surface area contributed by atoms with Gasteiger partial charge in [0.25, 0.3) is 0 Å². The van der Waals surface area contributed by atoms with Crippen LogP contribution in [0.2, 0.25) is 0 Å². The summed E-state index contributed by atoms with van der Waals surface area (Å²) < 4.78 is 5.42. The third-order valence-electron chi connectivity index (χ3n) is 4.33. The molecule has 7 heteroatoms. The van der Waals surface area contributed by atoms with Gasteiger partial charge in [-0.1, -0.05) is 20.8 Å². The summed E-state index contributed by atoms with van der Waals surface area (Å²) in [5, 5.41) is 5.81. The lowest BCUT2D eigenvalue weighted by molar-refractivity contribution is 0.234. The molecule has 0 bridgehead atoms. The minimum Gasteiger partial charge on any atom is -0.447 e. The van der Waals surface area contributed by atoms with Crippen molar-refractivity contribution in [3.8, 4) is 0 Å². The summed E-state index contributed by atoms with van der Waals surface area (Å²) in [4.78, 5) is 25.3. The molecule has 25 heavy (non-hydrogen) atoms. The van der Waals surface area contributed by atoms with Crippen molar-refractivity contribution in [1.82, 2.24) is 25.6 Å². The second-order valence-corrected chi connectivity index (χ2v) is 7.53. The largest absolute Gasteiger partial charge is 0.447 e. The van der Waals surface area contributed by atoms with Crippen LogP contribution in [0.25, 0.3) is 0 Å². The number of amides is 2. The van der Waals surface area contributed by atoms with Crippen molar-refractivity contribution in [3.63, 3.8) is 0 Å². The van der Waals surface area contributed by atoms with E-state index >= 15 is 0 Å². The van der Waals surface area contributed by atoms with Crippen molar-refractivity contribution >= 4 is 6.03 Å². The van der Waals surface area contributed by atoms with Crippen molar-refractivity contribution in [2.45, 2.75) is 65.0 Å². The summed E-state index contributed by atoms with van der Waals surface area (Å²) in [6.45, 7) is 8.38. The lowest BCUT2D eigenvalue weighted by Crippen LogP contribution is -2.44. The van der Waals surface area contributed by atoms with E-state index in [2.05, 4.69) is 46.4 Å². The zero-order valence-electron chi connectivity index (χ0n) is 15.2. The molecule has 1 unspecified atom stereocenters. The number of aryl methyl sites for hydroxylation is 2. The molecule has 0 spiro atoms. The number of oxazole rings is 1. The number of nitrogens with zero attached hydrogens (tertiary/aromatic N) is 3. The highest BCUT2D eigenvalue weighted by atomic mass is 16.3. The smallest absolute Gasteiger partial charge is 0.315 e. The van der Waals surface area contributed by atoms with Crippen LogP contribution in [0.5, 0.6) is 0 Å². The molecule has 1 aliphatic rings. The van der Waals surface area contributed by atoms with Crippen molar-refractivity contribution < 1.29 is 9.21 Å². The first-order valence-electron chi connectivity index (χ1n) is 8.62. The Kier molecular flexibility index (Phi) is 4.74. The molecule has 2 N–H and O–H groups in total. The average Bonchev–Trinajstić information content (AvgIpc) is 3.02. The SMILES string of the molecule is Cc1ncc2c(n1)CCC(NC(=O)NCc1nc(C(C)(C)C)co1)C2. The van der Waals surface area contributed by atoms with E-state index < -0.39 is 0 Å². The maximum absolute atomic E-state index is 12.1. The lowest BCUT2D eigenvalue weighted by Gasteiger charge is -2.24. The number of hydrogen-bond acceptors (Lipinski definition) is 5. The first-order valence-corrected chi connectivity index (χ1v) is 8.62. The number of hydrogen-bond donors (Lipinski definition) is 2. The number of rotatable bonds is 3. The summed E-state index contributed by atoms with van der Waals surface area (Å²) in [5.74, 6) is 1.31. The Balaban J connectivity index is 1.50. The van der Waals surface area contributed by atoms with Crippen LogP contribution in [0.4, 0.5) is 4.79 Å². The van der Waals surface area contributed by atoms with Crippen LogP contribution in [0, 0.1) is 6.92 Å². The van der Waals surface area contributed by atoms with Crippen molar-refractivity contribution in [2.24, 2.45) is 0 Å². The van der Waals surface area contributed by atoms with E-state index in [1.807, 2.05) is 13.1 Å². The maximum Gasteiger partial charge on any atom is 0.315 e. The Labute approximate surface area is 147 Å². The van der Waals surface area contributed by atoms with Crippen LogP contribution in [0.15, 0.2) is 16.9 Å². The summed E-state index contributed by atoms with van der Waals surface area (Å²) in [6.07, 6.45) is 6.01. The Morgan fingerprint density at radius 2 is 2.16 bits per heavy atom. The third kappa shape index (κ3) is 4.35. The molecular weight excluding hydrogens is 318 g/mol. The van der Waals surface area contributed by atoms with Crippen LogP contribution < -0.4 is 10.6 Å². The van der Waals surface area contributed by atoms with Gasteiger partial charge in [-0.05, 0) is 31.7 Å². The van der Waals surface area contributed by atoms with E-state index in [-0.39, 0.29) is 24.0 Å². The van der Waals surface area contributed by atoms with Crippen molar-refractivity contribution in [2.75, 3.05) is 0 Å². The van der Waals surface area contributed by atoms with E-state index in [4.69, 9.17) is 4.42 Å². The van der Waals surface area contributed by atoms with E-state index in [1.165, 1.54) is 0 Å². The predicted octanol–water partition coefficient (Wildman–Crippen LogP) is 2.43. The van der Waals surface area contributed by atoms with Crippen LogP contribution in [0.1, 0.15) is 55.9 Å². The van der Waals surface area contributed by atoms with Gasteiger partial charge in [-0.3, -0.25) is 0 Å². The van der Waals surface area contributed by atoms with E-state index in [0.29, 0.717) is 5.89 Å². The number of carbonyl (C=O) groups excluding carboxylic acids is 1. The quantitative estimate of drug-likeness (QED) is 0.893. The molecule has 0 radical (unpaired) electrons. The molecule has 1 aliphatic carbocycles. The van der Waals surface area contributed by atoms with Gasteiger partial charge in [-0.25, -0.2) is 19.7 Å². The molecule has 0 saturated carbocycles. The Morgan fingerprint density at radius 1 is 1.36 bits per heavy atom. The van der Waals surface area contributed by atoms with Gasteiger partial charge in [0.2, 0.25) is 5.89 Å². The summed E-state index contributed by atoms with van der Waals surface area (Å²) in [7, 11) is 0.